The van der Waals surface area contributed by atoms with Gasteiger partial charge in [0.25, 0.3) is 0 Å². The maximum atomic E-state index is 10.8. The topological polar surface area (TPSA) is 50.4 Å². The van der Waals surface area contributed by atoms with Crippen molar-refractivity contribution < 1.29 is 14.3 Å². The SMILES string of the molecule is Cc1ccc2oc(C(C)(C)CC(=O)O)cc2c1. The first-order valence-corrected chi connectivity index (χ1v) is 5.61. The largest absolute Gasteiger partial charge is 0.481 e. The molecule has 0 spiro atoms. The average Bonchev–Trinajstić information content (AvgIpc) is 2.58. The maximum Gasteiger partial charge on any atom is 0.304 e. The number of aliphatic carboxylic acids is 1. The monoisotopic (exact) mass is 232 g/mol. The Morgan fingerprint density at radius 1 is 1.35 bits per heavy atom. The van der Waals surface area contributed by atoms with Crippen LogP contribution in [0.15, 0.2) is 28.7 Å². The Hall–Kier alpha value is -1.77. The third kappa shape index (κ3) is 2.33. The van der Waals surface area contributed by atoms with Crippen molar-refractivity contribution in [3.8, 4) is 0 Å². The number of carbonyl (C=O) groups is 1. The summed E-state index contributed by atoms with van der Waals surface area (Å²) in [6.07, 6.45) is 0.0613. The van der Waals surface area contributed by atoms with Crippen LogP contribution >= 0.6 is 0 Å². The van der Waals surface area contributed by atoms with Crippen LogP contribution in [0.5, 0.6) is 0 Å². The fourth-order valence-corrected chi connectivity index (χ4v) is 1.96. The summed E-state index contributed by atoms with van der Waals surface area (Å²) in [6.45, 7) is 5.78. The van der Waals surface area contributed by atoms with Crippen molar-refractivity contribution in [2.45, 2.75) is 32.6 Å². The highest BCUT2D eigenvalue weighted by atomic mass is 16.4. The van der Waals surface area contributed by atoms with Crippen molar-refractivity contribution >= 4 is 16.9 Å². The van der Waals surface area contributed by atoms with Crippen molar-refractivity contribution in [1.29, 1.82) is 0 Å². The molecule has 0 amide bonds. The highest BCUT2D eigenvalue weighted by Gasteiger charge is 2.27. The van der Waals surface area contributed by atoms with E-state index in [1.54, 1.807) is 0 Å². The molecule has 3 heteroatoms. The first-order chi connectivity index (χ1) is 7.88. The van der Waals surface area contributed by atoms with Gasteiger partial charge in [-0.1, -0.05) is 25.5 Å². The Bertz CT molecular complexity index is 564. The molecule has 0 aliphatic rings. The van der Waals surface area contributed by atoms with E-state index in [1.807, 2.05) is 45.0 Å². The molecule has 0 saturated carbocycles. The fourth-order valence-electron chi connectivity index (χ4n) is 1.96. The van der Waals surface area contributed by atoms with E-state index in [0.717, 1.165) is 16.7 Å². The molecule has 1 heterocycles. The van der Waals surface area contributed by atoms with Gasteiger partial charge in [0.2, 0.25) is 0 Å². The van der Waals surface area contributed by atoms with Gasteiger partial charge < -0.3 is 9.52 Å². The zero-order valence-corrected chi connectivity index (χ0v) is 10.3. The lowest BCUT2D eigenvalue weighted by Crippen LogP contribution is -2.20. The Morgan fingerprint density at radius 3 is 2.71 bits per heavy atom. The number of carboxylic acids is 1. The van der Waals surface area contributed by atoms with E-state index in [4.69, 9.17) is 9.52 Å². The molecule has 2 rings (SSSR count). The summed E-state index contributed by atoms with van der Waals surface area (Å²) in [5.41, 5.74) is 1.49. The van der Waals surface area contributed by atoms with Crippen LogP contribution in [0.2, 0.25) is 0 Å². The number of rotatable bonds is 3. The van der Waals surface area contributed by atoms with Gasteiger partial charge in [-0.15, -0.1) is 0 Å². The quantitative estimate of drug-likeness (QED) is 0.881. The van der Waals surface area contributed by atoms with Gasteiger partial charge in [-0.2, -0.15) is 0 Å². The van der Waals surface area contributed by atoms with Gasteiger partial charge in [0.15, 0.2) is 0 Å². The summed E-state index contributed by atoms with van der Waals surface area (Å²) in [5.74, 6) is -0.0906. The molecule has 0 saturated heterocycles. The molecule has 1 N–H and O–H groups in total. The van der Waals surface area contributed by atoms with Crippen molar-refractivity contribution in [1.82, 2.24) is 0 Å². The second-order valence-electron chi connectivity index (χ2n) is 5.11. The van der Waals surface area contributed by atoms with Crippen molar-refractivity contribution in [3.63, 3.8) is 0 Å². The smallest absolute Gasteiger partial charge is 0.304 e. The first kappa shape index (κ1) is 11.7. The second kappa shape index (κ2) is 3.91. The normalized spacial score (nSPS) is 11.9. The minimum Gasteiger partial charge on any atom is -0.481 e. The summed E-state index contributed by atoms with van der Waals surface area (Å²) in [5, 5.41) is 9.91. The highest BCUT2D eigenvalue weighted by molar-refractivity contribution is 5.79. The van der Waals surface area contributed by atoms with Gasteiger partial charge in [-0.05, 0) is 25.1 Å². The number of hydrogen-bond donors (Lipinski definition) is 1. The van der Waals surface area contributed by atoms with Crippen molar-refractivity contribution in [3.05, 3.63) is 35.6 Å². The van der Waals surface area contributed by atoms with Gasteiger partial charge in [0.05, 0.1) is 6.42 Å². The number of benzene rings is 1. The molecule has 0 fully saturated rings. The summed E-state index contributed by atoms with van der Waals surface area (Å²) >= 11 is 0. The molecule has 0 radical (unpaired) electrons. The molecule has 0 aliphatic carbocycles. The minimum atomic E-state index is -0.813. The average molecular weight is 232 g/mol. The van der Waals surface area contributed by atoms with E-state index in [9.17, 15) is 4.79 Å². The van der Waals surface area contributed by atoms with E-state index in [2.05, 4.69) is 0 Å². The van der Waals surface area contributed by atoms with Crippen LogP contribution in [0.25, 0.3) is 11.0 Å². The van der Waals surface area contributed by atoms with E-state index < -0.39 is 11.4 Å². The molecule has 0 aliphatic heterocycles. The third-order valence-electron chi connectivity index (χ3n) is 2.93. The van der Waals surface area contributed by atoms with Crippen LogP contribution in [0, 0.1) is 6.92 Å². The van der Waals surface area contributed by atoms with Gasteiger partial charge in [0.1, 0.15) is 11.3 Å². The molecule has 0 bridgehead atoms. The molecule has 2 aromatic rings. The second-order valence-corrected chi connectivity index (χ2v) is 5.11. The molecule has 1 aromatic heterocycles. The van der Waals surface area contributed by atoms with Gasteiger partial charge in [-0.25, -0.2) is 0 Å². The lowest BCUT2D eigenvalue weighted by atomic mass is 9.86. The van der Waals surface area contributed by atoms with Crippen LogP contribution < -0.4 is 0 Å². The van der Waals surface area contributed by atoms with E-state index in [-0.39, 0.29) is 6.42 Å². The maximum absolute atomic E-state index is 10.8. The molecular weight excluding hydrogens is 216 g/mol. The van der Waals surface area contributed by atoms with Gasteiger partial charge >= 0.3 is 5.97 Å². The lowest BCUT2D eigenvalue weighted by Gasteiger charge is -2.18. The molecular formula is C14H16O3. The predicted molar refractivity (Wildman–Crippen MR) is 66.2 cm³/mol. The van der Waals surface area contributed by atoms with Crippen molar-refractivity contribution in [2.24, 2.45) is 0 Å². The van der Waals surface area contributed by atoms with Crippen LogP contribution in [0.3, 0.4) is 0 Å². The Balaban J connectivity index is 2.45. The standard InChI is InChI=1S/C14H16O3/c1-9-4-5-11-10(6-9)7-12(17-11)14(2,3)8-13(15)16/h4-7H,8H2,1-3H3,(H,15,16). The summed E-state index contributed by atoms with van der Waals surface area (Å²) in [4.78, 5) is 10.8. The fraction of sp³-hybridized carbons (Fsp3) is 0.357. The summed E-state index contributed by atoms with van der Waals surface area (Å²) in [6, 6.07) is 7.88. The Kier molecular flexibility index (Phi) is 2.69. The molecule has 17 heavy (non-hydrogen) atoms. The van der Waals surface area contributed by atoms with Crippen molar-refractivity contribution in [2.75, 3.05) is 0 Å². The molecule has 0 atom stereocenters. The number of furan rings is 1. The lowest BCUT2D eigenvalue weighted by molar-refractivity contribution is -0.138. The number of fused-ring (bicyclic) bond motifs is 1. The molecule has 90 valence electrons. The van der Waals surface area contributed by atoms with Crippen LogP contribution in [0.4, 0.5) is 0 Å². The number of aryl methyl sites for hydroxylation is 1. The van der Waals surface area contributed by atoms with Crippen LogP contribution in [-0.4, -0.2) is 11.1 Å². The molecule has 0 unspecified atom stereocenters. The highest BCUT2D eigenvalue weighted by Crippen LogP contribution is 2.32. The van der Waals surface area contributed by atoms with E-state index in [1.165, 1.54) is 5.56 Å². The number of carboxylic acid groups (broad SMARTS) is 1. The van der Waals surface area contributed by atoms with E-state index >= 15 is 0 Å². The first-order valence-electron chi connectivity index (χ1n) is 5.61. The number of hydrogen-bond acceptors (Lipinski definition) is 2. The zero-order valence-electron chi connectivity index (χ0n) is 10.3. The predicted octanol–water partition coefficient (Wildman–Crippen LogP) is 3.49. The summed E-state index contributed by atoms with van der Waals surface area (Å²) in [7, 11) is 0. The van der Waals surface area contributed by atoms with E-state index in [0.29, 0.717) is 0 Å². The molecule has 3 nitrogen and oxygen atoms in total. The van der Waals surface area contributed by atoms with Crippen LogP contribution in [0.1, 0.15) is 31.6 Å². The Morgan fingerprint density at radius 2 is 2.06 bits per heavy atom. The van der Waals surface area contributed by atoms with Gasteiger partial charge in [0, 0.05) is 10.8 Å². The van der Waals surface area contributed by atoms with Gasteiger partial charge in [-0.3, -0.25) is 4.79 Å². The van der Waals surface area contributed by atoms with Crippen LogP contribution in [-0.2, 0) is 10.2 Å². The Labute approximate surface area is 100 Å². The minimum absolute atomic E-state index is 0.0613. The third-order valence-corrected chi connectivity index (χ3v) is 2.93. The summed E-state index contributed by atoms with van der Waals surface area (Å²) < 4.78 is 5.73. The zero-order chi connectivity index (χ0) is 12.6. The molecule has 1 aromatic carbocycles.